The van der Waals surface area contributed by atoms with Crippen molar-refractivity contribution in [1.82, 2.24) is 25.8 Å². The molecule has 2 aliphatic carbocycles. The first-order chi connectivity index (χ1) is 24.1. The zero-order valence-corrected chi connectivity index (χ0v) is 31.7. The second kappa shape index (κ2) is 20.2. The molecule has 9 unspecified atom stereocenters. The number of ketones is 1. The van der Waals surface area contributed by atoms with E-state index in [4.69, 9.17) is 21.1 Å². The van der Waals surface area contributed by atoms with Crippen molar-refractivity contribution in [2.75, 3.05) is 40.4 Å². The molecule has 2 saturated heterocycles. The fourth-order valence-corrected chi connectivity index (χ4v) is 8.60. The van der Waals surface area contributed by atoms with Crippen molar-refractivity contribution in [2.45, 2.75) is 152 Å². The number of hydrogen-bond donors (Lipinski definition) is 3. The maximum Gasteiger partial charge on any atom is 0.254 e. The predicted octanol–water partition coefficient (Wildman–Crippen LogP) is 3.77. The van der Waals surface area contributed by atoms with Crippen LogP contribution in [0.2, 0.25) is 0 Å². The van der Waals surface area contributed by atoms with Gasteiger partial charge in [-0.05, 0) is 77.6 Å². The third-order valence-electron chi connectivity index (χ3n) is 11.2. The highest BCUT2D eigenvalue weighted by Crippen LogP contribution is 2.33. The average molecular weight is 724 g/mol. The summed E-state index contributed by atoms with van der Waals surface area (Å²) in [6.45, 7) is 9.31. The van der Waals surface area contributed by atoms with Crippen molar-refractivity contribution in [3.05, 3.63) is 0 Å². The summed E-state index contributed by atoms with van der Waals surface area (Å²) in [4.78, 5) is 58.6. The molecule has 3 N–H and O–H groups in total. The minimum absolute atomic E-state index is 0.0612. The third-order valence-corrected chi connectivity index (χ3v) is 11.6. The third kappa shape index (κ3) is 11.2. The first-order valence-corrected chi connectivity index (χ1v) is 19.5. The van der Waals surface area contributed by atoms with Crippen LogP contribution in [0.5, 0.6) is 0 Å². The van der Waals surface area contributed by atoms with Crippen LogP contribution in [-0.4, -0.2) is 122 Å². The second-order valence-corrected chi connectivity index (χ2v) is 15.3. The van der Waals surface area contributed by atoms with Crippen LogP contribution in [0.1, 0.15) is 104 Å². The van der Waals surface area contributed by atoms with Gasteiger partial charge in [0.15, 0.2) is 5.78 Å². The number of carbonyl (C=O) groups excluding carboxylic acids is 4. The fourth-order valence-electron chi connectivity index (χ4n) is 8.22. The summed E-state index contributed by atoms with van der Waals surface area (Å²) in [5.41, 5.74) is 0. The van der Waals surface area contributed by atoms with Crippen LogP contribution in [-0.2, 0) is 28.7 Å². The van der Waals surface area contributed by atoms with E-state index in [0.717, 1.165) is 64.7 Å². The molecular weight excluding hydrogens is 662 g/mol. The molecule has 0 spiro atoms. The number of methoxy groups -OCH3 is 2. The van der Waals surface area contributed by atoms with Crippen LogP contribution < -0.4 is 16.0 Å². The van der Waals surface area contributed by atoms with Crippen LogP contribution in [0.15, 0.2) is 10.2 Å². The van der Waals surface area contributed by atoms with E-state index in [1.807, 2.05) is 0 Å². The molecule has 2 heterocycles. The van der Waals surface area contributed by atoms with Crippen LogP contribution >= 0.6 is 11.6 Å². The highest BCUT2D eigenvalue weighted by molar-refractivity contribution is 6.21. The average Bonchev–Trinajstić information content (AvgIpc) is 3.13. The van der Waals surface area contributed by atoms with Gasteiger partial charge < -0.3 is 25.4 Å². The van der Waals surface area contributed by atoms with Gasteiger partial charge >= 0.3 is 0 Å². The van der Waals surface area contributed by atoms with Crippen LogP contribution in [0.4, 0.5) is 0 Å². The van der Waals surface area contributed by atoms with Crippen molar-refractivity contribution in [3.8, 4) is 0 Å². The second-order valence-electron chi connectivity index (χ2n) is 14.7. The molecule has 3 amide bonds. The maximum absolute atomic E-state index is 13.9. The van der Waals surface area contributed by atoms with Crippen LogP contribution in [0.25, 0.3) is 0 Å². The highest BCUT2D eigenvalue weighted by Gasteiger charge is 2.41. The van der Waals surface area contributed by atoms with Gasteiger partial charge in [0.1, 0.15) is 0 Å². The number of nitrogens with zero attached hydrogens (tertiary/aromatic N) is 4. The smallest absolute Gasteiger partial charge is 0.254 e. The number of nitrogens with one attached hydrogen (secondary N) is 3. The molecule has 9 atom stereocenters. The molecule has 284 valence electrons. The van der Waals surface area contributed by atoms with Gasteiger partial charge in [0, 0.05) is 52.2 Å². The molecule has 0 aromatic carbocycles. The largest absolute Gasteiger partial charge is 0.380 e. The summed E-state index contributed by atoms with van der Waals surface area (Å²) >= 11 is 6.46. The standard InChI is InChI=1S/C36H62ClN7O6/c1-6-31(43-14-10-8-11-15-43)39-34(46)24-18-25(35(47)40-32(7-2)44-16-12-9-13-17-44)20-26(19-24)41-42-33(23(3)45)36(48)38-28-22-29(49-4)27(37)21-30(28)50-5/h24-33H,6-22H2,1-5H3,(H,38,48)(H,39,46)(H,40,47). The molecule has 4 fully saturated rings. The lowest BCUT2D eigenvalue weighted by Crippen LogP contribution is -2.55. The monoisotopic (exact) mass is 723 g/mol. The minimum atomic E-state index is -1.36. The van der Waals surface area contributed by atoms with Crippen LogP contribution in [0, 0.1) is 11.8 Å². The molecular formula is C36H62ClN7O6. The quantitative estimate of drug-likeness (QED) is 0.131. The number of alkyl halides is 1. The van der Waals surface area contributed by atoms with Crippen molar-refractivity contribution in [3.63, 3.8) is 0 Å². The molecule has 50 heavy (non-hydrogen) atoms. The molecule has 0 aromatic heterocycles. The molecule has 2 aliphatic heterocycles. The van der Waals surface area contributed by atoms with E-state index in [-0.39, 0.29) is 41.7 Å². The predicted molar refractivity (Wildman–Crippen MR) is 192 cm³/mol. The number of amides is 3. The summed E-state index contributed by atoms with van der Waals surface area (Å²) in [7, 11) is 3.14. The van der Waals surface area contributed by atoms with Crippen molar-refractivity contribution in [2.24, 2.45) is 22.1 Å². The molecule has 13 nitrogen and oxygen atoms in total. The number of rotatable bonds is 15. The molecule has 0 bridgehead atoms. The lowest BCUT2D eigenvalue weighted by atomic mass is 9.77. The number of hydrogen-bond acceptors (Lipinski definition) is 10. The number of azo groups is 1. The summed E-state index contributed by atoms with van der Waals surface area (Å²) in [5.74, 6) is -2.11. The number of Topliss-reactive ketones (excluding diaryl/α,β-unsaturated/α-hetero) is 1. The Morgan fingerprint density at radius 2 is 1.24 bits per heavy atom. The van der Waals surface area contributed by atoms with Crippen LogP contribution in [0.3, 0.4) is 0 Å². The Hall–Kier alpha value is -2.19. The van der Waals surface area contributed by atoms with Gasteiger partial charge in [-0.15, -0.1) is 11.6 Å². The highest BCUT2D eigenvalue weighted by atomic mass is 35.5. The normalized spacial score (nSPS) is 31.8. The number of likely N-dealkylation sites (tertiary alicyclic amines) is 2. The lowest BCUT2D eigenvalue weighted by Gasteiger charge is -2.38. The summed E-state index contributed by atoms with van der Waals surface area (Å²) in [5, 5.41) is 18.1. The maximum atomic E-state index is 13.9. The first kappa shape index (κ1) is 40.6. The topological polar surface area (TPSA) is 154 Å². The molecule has 4 rings (SSSR count). The van der Waals surface area contributed by atoms with E-state index < -0.39 is 41.7 Å². The Bertz CT molecular complexity index is 1100. The van der Waals surface area contributed by atoms with E-state index in [0.29, 0.717) is 32.1 Å². The zero-order valence-electron chi connectivity index (χ0n) is 30.9. The van der Waals surface area contributed by atoms with E-state index in [2.05, 4.69) is 49.8 Å². The number of ether oxygens (including phenoxy) is 2. The van der Waals surface area contributed by atoms with Gasteiger partial charge in [0.25, 0.3) is 5.91 Å². The number of halogens is 1. The molecule has 0 radical (unpaired) electrons. The minimum Gasteiger partial charge on any atom is -0.380 e. The number of piperidine rings is 2. The van der Waals surface area contributed by atoms with Crippen molar-refractivity contribution in [1.29, 1.82) is 0 Å². The number of carbonyl (C=O) groups is 4. The van der Waals surface area contributed by atoms with Crippen molar-refractivity contribution < 1.29 is 28.7 Å². The van der Waals surface area contributed by atoms with E-state index in [1.165, 1.54) is 19.8 Å². The summed E-state index contributed by atoms with van der Waals surface area (Å²) in [6.07, 6.45) is 9.81. The van der Waals surface area contributed by atoms with Gasteiger partial charge in [0.05, 0.1) is 42.0 Å². The van der Waals surface area contributed by atoms with E-state index >= 15 is 0 Å². The fraction of sp³-hybridized carbons (Fsp3) is 0.889. The Kier molecular flexibility index (Phi) is 16.4. The van der Waals surface area contributed by atoms with Gasteiger partial charge in [0.2, 0.25) is 17.9 Å². The first-order valence-electron chi connectivity index (χ1n) is 19.1. The van der Waals surface area contributed by atoms with Gasteiger partial charge in [-0.25, -0.2) is 0 Å². The van der Waals surface area contributed by atoms with Gasteiger partial charge in [-0.3, -0.25) is 29.0 Å². The SMILES string of the molecule is CCC(NC(=O)C1CC(N=NC(C(C)=O)C(=O)NC2CC(OC)C(Cl)CC2OC)CC(C(=O)NC(CC)N2CCCCC2)C1)N1CCCCC1. The Labute approximate surface area is 303 Å². The van der Waals surface area contributed by atoms with Crippen molar-refractivity contribution >= 4 is 35.1 Å². The Balaban J connectivity index is 1.49. The molecule has 0 aromatic rings. The molecule has 2 saturated carbocycles. The summed E-state index contributed by atoms with van der Waals surface area (Å²) in [6, 6.07) is -2.29. The molecule has 14 heteroatoms. The Morgan fingerprint density at radius 3 is 1.68 bits per heavy atom. The Morgan fingerprint density at radius 1 is 0.740 bits per heavy atom. The van der Waals surface area contributed by atoms with Gasteiger partial charge in [-0.2, -0.15) is 10.2 Å². The lowest BCUT2D eigenvalue weighted by molar-refractivity contribution is -0.134. The van der Waals surface area contributed by atoms with Gasteiger partial charge in [-0.1, -0.05) is 26.7 Å². The van der Waals surface area contributed by atoms with E-state index in [1.54, 1.807) is 14.2 Å². The van der Waals surface area contributed by atoms with E-state index in [9.17, 15) is 19.2 Å². The zero-order chi connectivity index (χ0) is 36.2. The molecule has 4 aliphatic rings. The summed E-state index contributed by atoms with van der Waals surface area (Å²) < 4.78 is 11.1.